The molecule has 0 saturated carbocycles. The summed E-state index contributed by atoms with van der Waals surface area (Å²) in [6.45, 7) is 0.726. The van der Waals surface area contributed by atoms with E-state index < -0.39 is 5.60 Å². The van der Waals surface area contributed by atoms with Crippen LogP contribution >= 0.6 is 0 Å². The van der Waals surface area contributed by atoms with Crippen LogP contribution in [0.3, 0.4) is 0 Å². The van der Waals surface area contributed by atoms with E-state index in [1.807, 2.05) is 18.2 Å². The van der Waals surface area contributed by atoms with E-state index in [9.17, 15) is 5.11 Å². The van der Waals surface area contributed by atoms with Crippen LogP contribution in [0.25, 0.3) is 0 Å². The fourth-order valence-corrected chi connectivity index (χ4v) is 3.79. The largest absolute Gasteiger partial charge is 0.493 e. The van der Waals surface area contributed by atoms with Gasteiger partial charge in [-0.2, -0.15) is 0 Å². The molecule has 4 rings (SSSR count). The zero-order chi connectivity index (χ0) is 14.3. The minimum atomic E-state index is -0.914. The van der Waals surface area contributed by atoms with Gasteiger partial charge in [0.15, 0.2) is 0 Å². The summed E-state index contributed by atoms with van der Waals surface area (Å²) in [7, 11) is 0. The molecule has 1 aliphatic heterocycles. The van der Waals surface area contributed by atoms with Gasteiger partial charge in [-0.05, 0) is 42.4 Å². The SMILES string of the molecule is OC1(c2cccc3c2OCC3)CCCCc2ccccc21. The van der Waals surface area contributed by atoms with Crippen molar-refractivity contribution in [3.63, 3.8) is 0 Å². The first-order valence-corrected chi connectivity index (χ1v) is 7.85. The second-order valence-electron chi connectivity index (χ2n) is 6.12. The molecule has 2 heteroatoms. The van der Waals surface area contributed by atoms with Crippen LogP contribution in [0.5, 0.6) is 5.75 Å². The average Bonchev–Trinajstić information content (AvgIpc) is 2.93. The van der Waals surface area contributed by atoms with Crippen LogP contribution in [0.15, 0.2) is 42.5 Å². The molecule has 1 aliphatic carbocycles. The first-order chi connectivity index (χ1) is 10.3. The van der Waals surface area contributed by atoms with Crippen molar-refractivity contribution >= 4 is 0 Å². The minimum Gasteiger partial charge on any atom is -0.493 e. The molecule has 0 radical (unpaired) electrons. The number of hydrogen-bond donors (Lipinski definition) is 1. The Morgan fingerprint density at radius 1 is 0.857 bits per heavy atom. The van der Waals surface area contributed by atoms with Gasteiger partial charge in [-0.3, -0.25) is 0 Å². The molecule has 0 aromatic heterocycles. The van der Waals surface area contributed by atoms with Gasteiger partial charge in [0.1, 0.15) is 11.4 Å². The third-order valence-corrected chi connectivity index (χ3v) is 4.86. The van der Waals surface area contributed by atoms with Crippen LogP contribution in [-0.2, 0) is 18.4 Å². The third kappa shape index (κ3) is 1.97. The number of para-hydroxylation sites is 1. The lowest BCUT2D eigenvalue weighted by Crippen LogP contribution is -2.28. The van der Waals surface area contributed by atoms with Crippen molar-refractivity contribution in [3.8, 4) is 5.75 Å². The first kappa shape index (κ1) is 12.9. The molecule has 1 heterocycles. The Bertz CT molecular complexity index is 677. The van der Waals surface area contributed by atoms with Crippen molar-refractivity contribution in [1.29, 1.82) is 0 Å². The Balaban J connectivity index is 1.93. The Hall–Kier alpha value is -1.80. The summed E-state index contributed by atoms with van der Waals surface area (Å²) in [6, 6.07) is 14.5. The quantitative estimate of drug-likeness (QED) is 0.809. The minimum absolute atomic E-state index is 0.726. The monoisotopic (exact) mass is 280 g/mol. The van der Waals surface area contributed by atoms with Crippen LogP contribution < -0.4 is 4.74 Å². The van der Waals surface area contributed by atoms with Crippen molar-refractivity contribution in [1.82, 2.24) is 0 Å². The number of rotatable bonds is 1. The molecule has 0 amide bonds. The predicted octanol–water partition coefficient (Wildman–Crippen LogP) is 3.58. The number of benzene rings is 2. The molecule has 1 N–H and O–H groups in total. The molecule has 108 valence electrons. The van der Waals surface area contributed by atoms with Gasteiger partial charge < -0.3 is 9.84 Å². The molecule has 0 saturated heterocycles. The van der Waals surface area contributed by atoms with E-state index in [0.717, 1.165) is 55.6 Å². The Morgan fingerprint density at radius 2 is 1.67 bits per heavy atom. The van der Waals surface area contributed by atoms with E-state index in [-0.39, 0.29) is 0 Å². The fourth-order valence-electron chi connectivity index (χ4n) is 3.79. The molecule has 1 atom stereocenters. The summed E-state index contributed by atoms with van der Waals surface area (Å²) >= 11 is 0. The Kier molecular flexibility index (Phi) is 3.00. The van der Waals surface area contributed by atoms with E-state index in [4.69, 9.17) is 4.74 Å². The lowest BCUT2D eigenvalue weighted by Gasteiger charge is -2.31. The van der Waals surface area contributed by atoms with Gasteiger partial charge in [0.2, 0.25) is 0 Å². The average molecular weight is 280 g/mol. The maximum Gasteiger partial charge on any atom is 0.129 e. The Morgan fingerprint density at radius 3 is 2.62 bits per heavy atom. The zero-order valence-electron chi connectivity index (χ0n) is 12.1. The second-order valence-corrected chi connectivity index (χ2v) is 6.12. The maximum absolute atomic E-state index is 11.6. The van der Waals surface area contributed by atoms with Crippen molar-refractivity contribution in [2.75, 3.05) is 6.61 Å². The van der Waals surface area contributed by atoms with Gasteiger partial charge in [0.05, 0.1) is 6.61 Å². The van der Waals surface area contributed by atoms with Crippen molar-refractivity contribution in [2.45, 2.75) is 37.7 Å². The molecule has 1 unspecified atom stereocenters. The van der Waals surface area contributed by atoms with Crippen molar-refractivity contribution in [2.24, 2.45) is 0 Å². The molecule has 2 aliphatic rings. The fraction of sp³-hybridized carbons (Fsp3) is 0.368. The van der Waals surface area contributed by atoms with Gasteiger partial charge in [-0.15, -0.1) is 0 Å². The van der Waals surface area contributed by atoms with Crippen LogP contribution in [0.4, 0.5) is 0 Å². The van der Waals surface area contributed by atoms with Gasteiger partial charge >= 0.3 is 0 Å². The predicted molar refractivity (Wildman–Crippen MR) is 82.6 cm³/mol. The molecule has 21 heavy (non-hydrogen) atoms. The highest BCUT2D eigenvalue weighted by Crippen LogP contribution is 2.45. The number of hydrogen-bond acceptors (Lipinski definition) is 2. The molecule has 0 spiro atoms. The van der Waals surface area contributed by atoms with E-state index in [2.05, 4.69) is 24.3 Å². The second kappa shape index (κ2) is 4.88. The van der Waals surface area contributed by atoms with Crippen LogP contribution in [0.1, 0.15) is 41.5 Å². The van der Waals surface area contributed by atoms with Crippen LogP contribution in [0, 0.1) is 0 Å². The van der Waals surface area contributed by atoms with E-state index in [1.54, 1.807) is 0 Å². The summed E-state index contributed by atoms with van der Waals surface area (Å²) in [5, 5.41) is 11.6. The van der Waals surface area contributed by atoms with Gasteiger partial charge in [0, 0.05) is 12.0 Å². The molecule has 2 aromatic carbocycles. The lowest BCUT2D eigenvalue weighted by molar-refractivity contribution is 0.0676. The molecule has 2 aromatic rings. The normalized spacial score (nSPS) is 23.9. The van der Waals surface area contributed by atoms with E-state index in [1.165, 1.54) is 11.1 Å². The van der Waals surface area contributed by atoms with E-state index >= 15 is 0 Å². The lowest BCUT2D eigenvalue weighted by atomic mass is 9.81. The molecular formula is C19H20O2. The number of fused-ring (bicyclic) bond motifs is 2. The number of aliphatic hydroxyl groups is 1. The molecule has 2 nitrogen and oxygen atoms in total. The van der Waals surface area contributed by atoms with E-state index in [0.29, 0.717) is 0 Å². The summed E-state index contributed by atoms with van der Waals surface area (Å²) in [6.07, 6.45) is 4.93. The van der Waals surface area contributed by atoms with Crippen LogP contribution in [0.2, 0.25) is 0 Å². The highest BCUT2D eigenvalue weighted by molar-refractivity contribution is 5.52. The number of ether oxygens (including phenoxy) is 1. The standard InChI is InChI=1S/C19H20O2/c20-19(17-10-5-8-15-11-13-21-18(15)17)12-4-3-7-14-6-1-2-9-16(14)19/h1-2,5-6,8-10,20H,3-4,7,11-13H2. The highest BCUT2D eigenvalue weighted by atomic mass is 16.5. The Labute approximate surface area is 125 Å². The number of aryl methyl sites for hydroxylation is 1. The first-order valence-electron chi connectivity index (χ1n) is 7.85. The van der Waals surface area contributed by atoms with Gasteiger partial charge in [0.25, 0.3) is 0 Å². The van der Waals surface area contributed by atoms with Crippen LogP contribution in [-0.4, -0.2) is 11.7 Å². The molecule has 0 bridgehead atoms. The zero-order valence-corrected chi connectivity index (χ0v) is 12.1. The smallest absolute Gasteiger partial charge is 0.129 e. The summed E-state index contributed by atoms with van der Waals surface area (Å²) in [5.74, 6) is 0.914. The topological polar surface area (TPSA) is 29.5 Å². The third-order valence-electron chi connectivity index (χ3n) is 4.86. The highest BCUT2D eigenvalue weighted by Gasteiger charge is 2.38. The summed E-state index contributed by atoms with van der Waals surface area (Å²) in [4.78, 5) is 0. The maximum atomic E-state index is 11.6. The van der Waals surface area contributed by atoms with Gasteiger partial charge in [-0.1, -0.05) is 42.5 Å². The molecule has 0 fully saturated rings. The van der Waals surface area contributed by atoms with Gasteiger partial charge in [-0.25, -0.2) is 0 Å². The summed E-state index contributed by atoms with van der Waals surface area (Å²) in [5.41, 5.74) is 3.59. The summed E-state index contributed by atoms with van der Waals surface area (Å²) < 4.78 is 5.84. The van der Waals surface area contributed by atoms with Crippen molar-refractivity contribution < 1.29 is 9.84 Å². The van der Waals surface area contributed by atoms with Crippen molar-refractivity contribution in [3.05, 3.63) is 64.7 Å². The molecular weight excluding hydrogens is 260 g/mol.